The molecule has 0 unspecified atom stereocenters. The molecule has 1 amide bonds. The molecule has 1 heterocycles. The maximum Gasteiger partial charge on any atom is 0.220 e. The molecule has 0 atom stereocenters. The summed E-state index contributed by atoms with van der Waals surface area (Å²) >= 11 is 0. The highest BCUT2D eigenvalue weighted by Crippen LogP contribution is 2.10. The van der Waals surface area contributed by atoms with E-state index < -0.39 is 0 Å². The molecule has 0 spiro atoms. The van der Waals surface area contributed by atoms with Gasteiger partial charge < -0.3 is 15.3 Å². The van der Waals surface area contributed by atoms with Crippen LogP contribution in [0.25, 0.3) is 0 Å². The van der Waals surface area contributed by atoms with Crippen LogP contribution >= 0.6 is 0 Å². The van der Waals surface area contributed by atoms with E-state index in [1.165, 1.54) is 24.3 Å². The predicted octanol–water partition coefficient (Wildman–Crippen LogP) is 1.75. The van der Waals surface area contributed by atoms with Crippen LogP contribution in [-0.2, 0) is 4.79 Å². The van der Waals surface area contributed by atoms with Crippen molar-refractivity contribution in [3.8, 4) is 0 Å². The maximum atomic E-state index is 12.8. The third kappa shape index (κ3) is 6.37. The molecule has 0 saturated carbocycles. The minimum absolute atomic E-state index is 0.126. The van der Waals surface area contributed by atoms with E-state index in [4.69, 9.17) is 0 Å². The first-order valence-corrected chi connectivity index (χ1v) is 8.50. The van der Waals surface area contributed by atoms with E-state index in [0.717, 1.165) is 38.9 Å². The van der Waals surface area contributed by atoms with Crippen molar-refractivity contribution in [2.24, 2.45) is 0 Å². The molecule has 1 fully saturated rings. The lowest BCUT2D eigenvalue weighted by atomic mass is 10.1. The summed E-state index contributed by atoms with van der Waals surface area (Å²) in [5, 5.41) is 12.3. The van der Waals surface area contributed by atoms with Crippen molar-refractivity contribution in [1.29, 1.82) is 0 Å². The first kappa shape index (κ1) is 18.5. The number of Topliss-reactive ketones (excluding diaryl/α,β-unsaturated/α-hetero) is 1. The van der Waals surface area contributed by atoms with Gasteiger partial charge >= 0.3 is 0 Å². The van der Waals surface area contributed by atoms with E-state index in [2.05, 4.69) is 10.2 Å². The van der Waals surface area contributed by atoms with Gasteiger partial charge in [0.15, 0.2) is 5.78 Å². The molecule has 2 rings (SSSR count). The van der Waals surface area contributed by atoms with Gasteiger partial charge in [-0.05, 0) is 50.1 Å². The highest BCUT2D eigenvalue weighted by atomic mass is 19.1. The number of amides is 1. The second kappa shape index (κ2) is 9.49. The van der Waals surface area contributed by atoms with Crippen LogP contribution in [0.2, 0.25) is 0 Å². The van der Waals surface area contributed by atoms with Gasteiger partial charge in [-0.3, -0.25) is 9.59 Å². The second-order valence-electron chi connectivity index (χ2n) is 6.21. The number of ketones is 1. The van der Waals surface area contributed by atoms with Gasteiger partial charge in [-0.2, -0.15) is 0 Å². The molecule has 1 aromatic carbocycles. The summed E-state index contributed by atoms with van der Waals surface area (Å²) in [5.74, 6) is -0.677. The maximum absolute atomic E-state index is 12.8. The summed E-state index contributed by atoms with van der Waals surface area (Å²) in [4.78, 5) is 25.9. The van der Waals surface area contributed by atoms with Crippen molar-refractivity contribution in [3.63, 3.8) is 0 Å². The fourth-order valence-electron chi connectivity index (χ4n) is 2.77. The van der Waals surface area contributed by atoms with E-state index in [1.54, 1.807) is 0 Å². The van der Waals surface area contributed by atoms with Gasteiger partial charge in [0.05, 0.1) is 6.10 Å². The van der Waals surface area contributed by atoms with Crippen LogP contribution in [-0.4, -0.2) is 54.0 Å². The lowest BCUT2D eigenvalue weighted by Gasteiger charge is -2.29. The number of aliphatic hydroxyl groups excluding tert-OH is 1. The number of piperidine rings is 1. The van der Waals surface area contributed by atoms with Crippen molar-refractivity contribution < 1.29 is 19.1 Å². The Bertz CT molecular complexity index is 540. The van der Waals surface area contributed by atoms with Crippen LogP contribution in [0, 0.1) is 5.82 Å². The lowest BCUT2D eigenvalue weighted by Crippen LogP contribution is -2.37. The molecule has 24 heavy (non-hydrogen) atoms. The molecule has 1 saturated heterocycles. The summed E-state index contributed by atoms with van der Waals surface area (Å²) in [7, 11) is 0. The number of benzene rings is 1. The zero-order chi connectivity index (χ0) is 17.4. The standard InChI is InChI=1S/C18H25FN2O3/c19-15-4-2-14(3-5-15)17(23)6-7-18(24)20-10-1-11-21-12-8-16(22)9-13-21/h2-5,16,22H,1,6-13H2,(H,20,24). The quantitative estimate of drug-likeness (QED) is 0.560. The number of carbonyl (C=O) groups is 2. The summed E-state index contributed by atoms with van der Waals surface area (Å²) in [6, 6.07) is 5.36. The number of nitrogens with one attached hydrogen (secondary N) is 1. The molecule has 1 aromatic rings. The summed E-state index contributed by atoms with van der Waals surface area (Å²) in [6.45, 7) is 3.30. The Morgan fingerprint density at radius 3 is 2.50 bits per heavy atom. The Labute approximate surface area is 141 Å². The first-order valence-electron chi connectivity index (χ1n) is 8.50. The number of nitrogens with zero attached hydrogens (tertiary/aromatic N) is 1. The number of likely N-dealkylation sites (tertiary alicyclic amines) is 1. The highest BCUT2D eigenvalue weighted by Gasteiger charge is 2.16. The van der Waals surface area contributed by atoms with Crippen LogP contribution in [0.3, 0.4) is 0 Å². The van der Waals surface area contributed by atoms with E-state index in [0.29, 0.717) is 12.1 Å². The number of hydrogen-bond donors (Lipinski definition) is 2. The van der Waals surface area contributed by atoms with Gasteiger partial charge in [0.1, 0.15) is 5.82 Å². The second-order valence-corrected chi connectivity index (χ2v) is 6.21. The van der Waals surface area contributed by atoms with Crippen LogP contribution in [0.4, 0.5) is 4.39 Å². The molecule has 0 radical (unpaired) electrons. The van der Waals surface area contributed by atoms with Crippen LogP contribution in [0.5, 0.6) is 0 Å². The van der Waals surface area contributed by atoms with E-state index in [1.807, 2.05) is 0 Å². The fourth-order valence-corrected chi connectivity index (χ4v) is 2.77. The molecule has 1 aliphatic heterocycles. The molecular weight excluding hydrogens is 311 g/mol. The molecule has 2 N–H and O–H groups in total. The summed E-state index contributed by atoms with van der Waals surface area (Å²) in [5.41, 5.74) is 0.427. The van der Waals surface area contributed by atoms with Crippen molar-refractivity contribution in [2.75, 3.05) is 26.2 Å². The van der Waals surface area contributed by atoms with Crippen LogP contribution < -0.4 is 5.32 Å². The average molecular weight is 336 g/mol. The zero-order valence-corrected chi connectivity index (χ0v) is 13.8. The lowest BCUT2D eigenvalue weighted by molar-refractivity contribution is -0.121. The third-order valence-electron chi connectivity index (χ3n) is 4.28. The highest BCUT2D eigenvalue weighted by molar-refractivity contribution is 5.97. The molecule has 1 aliphatic rings. The van der Waals surface area contributed by atoms with Gasteiger partial charge in [-0.1, -0.05) is 0 Å². The SMILES string of the molecule is O=C(CCC(=O)c1ccc(F)cc1)NCCCN1CCC(O)CC1. The fraction of sp³-hybridized carbons (Fsp3) is 0.556. The Morgan fingerprint density at radius 1 is 1.17 bits per heavy atom. The Kier molecular flexibility index (Phi) is 7.34. The van der Waals surface area contributed by atoms with Gasteiger partial charge in [0.25, 0.3) is 0 Å². The smallest absolute Gasteiger partial charge is 0.220 e. The van der Waals surface area contributed by atoms with Crippen molar-refractivity contribution in [2.45, 2.75) is 38.2 Å². The molecule has 0 aromatic heterocycles. The first-order chi connectivity index (χ1) is 11.5. The number of carbonyl (C=O) groups excluding carboxylic acids is 2. The number of rotatable bonds is 8. The number of hydrogen-bond acceptors (Lipinski definition) is 4. The molecule has 5 nitrogen and oxygen atoms in total. The van der Waals surface area contributed by atoms with E-state index in [9.17, 15) is 19.1 Å². The normalized spacial score (nSPS) is 16.1. The van der Waals surface area contributed by atoms with Gasteiger partial charge in [-0.25, -0.2) is 4.39 Å². The monoisotopic (exact) mass is 336 g/mol. The Morgan fingerprint density at radius 2 is 1.83 bits per heavy atom. The number of halogens is 1. The third-order valence-corrected chi connectivity index (χ3v) is 4.28. The van der Waals surface area contributed by atoms with Gasteiger partial charge in [0, 0.05) is 38.0 Å². The minimum atomic E-state index is -0.382. The van der Waals surface area contributed by atoms with Gasteiger partial charge in [0.2, 0.25) is 5.91 Å². The van der Waals surface area contributed by atoms with Crippen molar-refractivity contribution in [3.05, 3.63) is 35.6 Å². The number of aliphatic hydroxyl groups is 1. The van der Waals surface area contributed by atoms with E-state index >= 15 is 0 Å². The summed E-state index contributed by atoms with van der Waals surface area (Å²) < 4.78 is 12.8. The predicted molar refractivity (Wildman–Crippen MR) is 89.3 cm³/mol. The van der Waals surface area contributed by atoms with Crippen molar-refractivity contribution in [1.82, 2.24) is 10.2 Å². The Hall–Kier alpha value is -1.79. The molecule has 132 valence electrons. The van der Waals surface area contributed by atoms with Crippen molar-refractivity contribution >= 4 is 11.7 Å². The largest absolute Gasteiger partial charge is 0.393 e. The molecular formula is C18H25FN2O3. The Balaban J connectivity index is 1.56. The van der Waals surface area contributed by atoms with E-state index in [-0.39, 0.29) is 36.5 Å². The zero-order valence-electron chi connectivity index (χ0n) is 13.8. The van der Waals surface area contributed by atoms with Crippen LogP contribution in [0.1, 0.15) is 42.5 Å². The average Bonchev–Trinajstić information content (AvgIpc) is 2.59. The topological polar surface area (TPSA) is 69.6 Å². The molecule has 0 aliphatic carbocycles. The molecule has 0 bridgehead atoms. The minimum Gasteiger partial charge on any atom is -0.393 e. The summed E-state index contributed by atoms with van der Waals surface area (Å²) in [6.07, 6.45) is 2.59. The molecule has 6 heteroatoms. The van der Waals surface area contributed by atoms with Gasteiger partial charge in [-0.15, -0.1) is 0 Å². The van der Waals surface area contributed by atoms with Crippen LogP contribution in [0.15, 0.2) is 24.3 Å².